The van der Waals surface area contributed by atoms with E-state index < -0.39 is 10.0 Å². The van der Waals surface area contributed by atoms with Crippen molar-refractivity contribution in [1.29, 1.82) is 0 Å². The number of morpholine rings is 2. The van der Waals surface area contributed by atoms with Gasteiger partial charge in [-0.25, -0.2) is 8.42 Å². The Balaban J connectivity index is 1.57. The molecule has 12 heteroatoms. The normalized spacial score (nSPS) is 17.9. The van der Waals surface area contributed by atoms with Crippen LogP contribution in [-0.2, 0) is 19.5 Å². The highest BCUT2D eigenvalue weighted by Crippen LogP contribution is 2.18. The molecule has 0 atom stereocenters. The van der Waals surface area contributed by atoms with Crippen molar-refractivity contribution in [1.82, 2.24) is 19.8 Å². The summed E-state index contributed by atoms with van der Waals surface area (Å²) in [4.78, 5) is 19.8. The lowest BCUT2D eigenvalue weighted by Gasteiger charge is -2.30. The van der Waals surface area contributed by atoms with Gasteiger partial charge in [-0.05, 0) is 12.1 Å². The number of benzene rings is 1. The predicted octanol–water partition coefficient (Wildman–Crippen LogP) is -0.150. The largest absolute Gasteiger partial charge is 0.378 e. The third-order valence-electron chi connectivity index (χ3n) is 4.55. The number of hydrogen-bond acceptors (Lipinski definition) is 10. The Labute approximate surface area is 169 Å². The molecule has 2 fully saturated rings. The molecule has 0 spiro atoms. The molecule has 2 N–H and O–H groups in total. The number of nitrogens with zero attached hydrogens (tertiary/aromatic N) is 5. The molecule has 0 unspecified atom stereocenters. The first kappa shape index (κ1) is 19.8. The Morgan fingerprint density at radius 1 is 0.793 bits per heavy atom. The lowest BCUT2D eigenvalue weighted by Crippen LogP contribution is -2.40. The van der Waals surface area contributed by atoms with Crippen molar-refractivity contribution in [3.63, 3.8) is 0 Å². The molecule has 0 radical (unpaired) electrons. The number of rotatable bonds is 6. The van der Waals surface area contributed by atoms with Crippen molar-refractivity contribution < 1.29 is 17.9 Å². The van der Waals surface area contributed by atoms with Gasteiger partial charge in [0.05, 0.1) is 31.3 Å². The zero-order valence-electron chi connectivity index (χ0n) is 15.8. The molecule has 3 heterocycles. The fourth-order valence-electron chi connectivity index (χ4n) is 2.99. The summed E-state index contributed by atoms with van der Waals surface area (Å²) in [6.45, 7) is 4.96. The summed E-state index contributed by atoms with van der Waals surface area (Å²) in [6.07, 6.45) is 0. The molecule has 0 aliphatic carbocycles. The van der Waals surface area contributed by atoms with E-state index in [1.54, 1.807) is 18.2 Å². The van der Waals surface area contributed by atoms with Gasteiger partial charge in [0.25, 0.3) is 10.0 Å². The van der Waals surface area contributed by atoms with Crippen LogP contribution in [0.25, 0.3) is 0 Å². The van der Waals surface area contributed by atoms with E-state index >= 15 is 0 Å². The first-order chi connectivity index (χ1) is 14.1. The van der Waals surface area contributed by atoms with Crippen LogP contribution in [0, 0.1) is 0 Å². The molecular weight excluding hydrogens is 398 g/mol. The molecule has 1 aromatic carbocycles. The molecule has 11 nitrogen and oxygen atoms in total. The number of aromatic nitrogens is 3. The summed E-state index contributed by atoms with van der Waals surface area (Å²) < 4.78 is 35.7. The topological polar surface area (TPSA) is 122 Å². The average Bonchev–Trinajstić information content (AvgIpc) is 2.79. The minimum atomic E-state index is -3.76. The number of hydrogen-bond donors (Lipinski definition) is 2. The number of sulfonamides is 1. The van der Waals surface area contributed by atoms with Crippen molar-refractivity contribution in [3.05, 3.63) is 30.3 Å². The van der Waals surface area contributed by atoms with Gasteiger partial charge in [0, 0.05) is 26.2 Å². The van der Waals surface area contributed by atoms with Crippen LogP contribution in [0.1, 0.15) is 0 Å². The van der Waals surface area contributed by atoms with Crippen LogP contribution in [0.2, 0.25) is 0 Å². The zero-order chi connectivity index (χ0) is 20.1. The fourth-order valence-corrected chi connectivity index (χ4v) is 3.85. The molecule has 1 aromatic heterocycles. The molecule has 0 bridgehead atoms. The summed E-state index contributed by atoms with van der Waals surface area (Å²) in [5.41, 5.74) is 2.63. The smallest absolute Gasteiger partial charge is 0.257 e. The maximum atomic E-state index is 12.5. The van der Waals surface area contributed by atoms with Crippen LogP contribution in [-0.4, -0.2) is 76.0 Å². The number of ether oxygens (including phenoxy) is 2. The van der Waals surface area contributed by atoms with Gasteiger partial charge in [0.15, 0.2) is 0 Å². The summed E-state index contributed by atoms with van der Waals surface area (Å²) in [5, 5.41) is 0. The third kappa shape index (κ3) is 4.90. The van der Waals surface area contributed by atoms with Gasteiger partial charge in [0.1, 0.15) is 0 Å². The van der Waals surface area contributed by atoms with Gasteiger partial charge in [-0.1, -0.05) is 18.2 Å². The molecule has 2 aromatic rings. The van der Waals surface area contributed by atoms with Gasteiger partial charge < -0.3 is 19.3 Å². The number of anilines is 3. The molecule has 156 valence electrons. The Morgan fingerprint density at radius 3 is 1.83 bits per heavy atom. The predicted molar refractivity (Wildman–Crippen MR) is 106 cm³/mol. The van der Waals surface area contributed by atoms with Gasteiger partial charge in [-0.2, -0.15) is 15.0 Å². The van der Waals surface area contributed by atoms with Crippen molar-refractivity contribution in [3.8, 4) is 0 Å². The second kappa shape index (κ2) is 8.86. The minimum Gasteiger partial charge on any atom is -0.378 e. The van der Waals surface area contributed by atoms with E-state index in [2.05, 4.69) is 25.2 Å². The first-order valence-corrected chi connectivity index (χ1v) is 10.8. The van der Waals surface area contributed by atoms with Gasteiger partial charge >= 0.3 is 0 Å². The molecule has 0 amide bonds. The lowest BCUT2D eigenvalue weighted by atomic mass is 10.4. The Hall–Kier alpha value is -2.54. The monoisotopic (exact) mass is 421 g/mol. The van der Waals surface area contributed by atoms with Crippen molar-refractivity contribution in [2.75, 3.05) is 67.8 Å². The van der Waals surface area contributed by atoms with Gasteiger partial charge in [0.2, 0.25) is 17.8 Å². The highest BCUT2D eigenvalue weighted by molar-refractivity contribution is 7.89. The van der Waals surface area contributed by atoms with E-state index in [4.69, 9.17) is 9.47 Å². The third-order valence-corrected chi connectivity index (χ3v) is 5.81. The maximum Gasteiger partial charge on any atom is 0.257 e. The Bertz CT molecular complexity index is 880. The van der Waals surface area contributed by atoms with E-state index in [1.807, 2.05) is 9.80 Å². The van der Waals surface area contributed by atoms with E-state index in [9.17, 15) is 8.42 Å². The molecule has 2 aliphatic rings. The van der Waals surface area contributed by atoms with E-state index in [-0.39, 0.29) is 10.8 Å². The van der Waals surface area contributed by atoms with Crippen molar-refractivity contribution >= 4 is 27.9 Å². The second-order valence-corrected chi connectivity index (χ2v) is 8.18. The molecule has 29 heavy (non-hydrogen) atoms. The van der Waals surface area contributed by atoms with Crippen molar-refractivity contribution in [2.24, 2.45) is 0 Å². The Kier molecular flexibility index (Phi) is 6.04. The molecule has 0 saturated carbocycles. The zero-order valence-corrected chi connectivity index (χ0v) is 16.6. The van der Waals surface area contributed by atoms with Crippen LogP contribution >= 0.6 is 0 Å². The van der Waals surface area contributed by atoms with E-state index in [1.165, 1.54) is 12.1 Å². The quantitative estimate of drug-likeness (QED) is 0.609. The SMILES string of the molecule is O=S(=O)(NNc1nc(N2CCOCC2)nc(N2CCOCC2)n1)c1ccccc1. The molecular formula is C17H23N7O4S. The van der Waals surface area contributed by atoms with Crippen LogP contribution < -0.4 is 20.1 Å². The summed E-state index contributed by atoms with van der Waals surface area (Å²) in [6, 6.07) is 8.09. The molecule has 4 rings (SSSR count). The number of hydrazine groups is 1. The molecule has 2 aliphatic heterocycles. The highest BCUT2D eigenvalue weighted by Gasteiger charge is 2.21. The minimum absolute atomic E-state index is 0.127. The van der Waals surface area contributed by atoms with Crippen LogP contribution in [0.3, 0.4) is 0 Å². The maximum absolute atomic E-state index is 12.5. The first-order valence-electron chi connectivity index (χ1n) is 9.36. The van der Waals surface area contributed by atoms with Crippen LogP contribution in [0.4, 0.5) is 17.8 Å². The lowest BCUT2D eigenvalue weighted by molar-refractivity contribution is 0.121. The fraction of sp³-hybridized carbons (Fsp3) is 0.471. The average molecular weight is 421 g/mol. The van der Waals surface area contributed by atoms with E-state index in [0.29, 0.717) is 64.5 Å². The summed E-state index contributed by atoms with van der Waals surface area (Å²) in [7, 11) is -3.76. The van der Waals surface area contributed by atoms with Crippen LogP contribution in [0.15, 0.2) is 35.2 Å². The summed E-state index contributed by atoms with van der Waals surface area (Å²) in [5.74, 6) is 1.08. The standard InChI is InChI=1S/C17H23N7O4S/c25-29(26,14-4-2-1-3-5-14)22-21-15-18-16(23-6-10-27-11-7-23)20-17(19-15)24-8-12-28-13-9-24/h1-5,22H,6-13H2,(H,18,19,20,21). The van der Waals surface area contributed by atoms with Gasteiger partial charge in [-0.15, -0.1) is 4.83 Å². The van der Waals surface area contributed by atoms with Crippen LogP contribution in [0.5, 0.6) is 0 Å². The van der Waals surface area contributed by atoms with E-state index in [0.717, 1.165) is 0 Å². The summed E-state index contributed by atoms with van der Waals surface area (Å²) >= 11 is 0. The van der Waals surface area contributed by atoms with Crippen molar-refractivity contribution in [2.45, 2.75) is 4.90 Å². The molecule has 2 saturated heterocycles. The number of nitrogens with one attached hydrogen (secondary N) is 2. The van der Waals surface area contributed by atoms with Gasteiger partial charge in [-0.3, -0.25) is 5.43 Å². The highest BCUT2D eigenvalue weighted by atomic mass is 32.2. The second-order valence-electron chi connectivity index (χ2n) is 6.50. The Morgan fingerprint density at radius 2 is 1.31 bits per heavy atom.